The average Bonchev–Trinajstić information content (AvgIpc) is 3.01. The van der Waals surface area contributed by atoms with Crippen LogP contribution in [0, 0.1) is 13.8 Å². The fourth-order valence-electron chi connectivity index (χ4n) is 2.52. The van der Waals surface area contributed by atoms with Crippen LogP contribution in [0.25, 0.3) is 0 Å². The summed E-state index contributed by atoms with van der Waals surface area (Å²) in [5.41, 5.74) is -0.545. The third-order valence-electron chi connectivity index (χ3n) is 3.55. The first-order valence-corrected chi connectivity index (χ1v) is 7.97. The van der Waals surface area contributed by atoms with Gasteiger partial charge in [-0.2, -0.15) is 18.3 Å². The summed E-state index contributed by atoms with van der Waals surface area (Å²) >= 11 is 1.59. The smallest absolute Gasteiger partial charge is 0.345 e. The molecule has 1 amide bonds. The first kappa shape index (κ1) is 17.5. The maximum Gasteiger partial charge on any atom is 0.433 e. The number of nitrogens with one attached hydrogen (secondary N) is 1. The predicted molar refractivity (Wildman–Crippen MR) is 82.6 cm³/mol. The Morgan fingerprint density at radius 3 is 2.57 bits per heavy atom. The molecule has 0 fully saturated rings. The molecule has 2 aromatic heterocycles. The second kappa shape index (κ2) is 6.35. The number of carbonyl (C=O) groups is 1. The van der Waals surface area contributed by atoms with E-state index in [4.69, 9.17) is 0 Å². The zero-order valence-electron chi connectivity index (χ0n) is 13.3. The van der Waals surface area contributed by atoms with Crippen molar-refractivity contribution in [2.75, 3.05) is 0 Å². The van der Waals surface area contributed by atoms with Gasteiger partial charge in [-0.3, -0.25) is 9.48 Å². The van der Waals surface area contributed by atoms with Gasteiger partial charge in [-0.25, -0.2) is 0 Å². The van der Waals surface area contributed by atoms with Crippen LogP contribution in [0.2, 0.25) is 0 Å². The Balaban J connectivity index is 2.28. The fraction of sp³-hybridized carbons (Fsp3) is 0.467. The maximum absolute atomic E-state index is 13.2. The van der Waals surface area contributed by atoms with E-state index in [2.05, 4.69) is 10.4 Å². The summed E-state index contributed by atoms with van der Waals surface area (Å²) in [6.07, 6.45) is -3.66. The van der Waals surface area contributed by atoms with Crippen LogP contribution in [0.1, 0.15) is 51.3 Å². The van der Waals surface area contributed by atoms with Crippen LogP contribution in [-0.2, 0) is 12.7 Å². The molecule has 23 heavy (non-hydrogen) atoms. The lowest BCUT2D eigenvalue weighted by Gasteiger charge is -2.15. The van der Waals surface area contributed by atoms with E-state index in [1.54, 1.807) is 25.2 Å². The summed E-state index contributed by atoms with van der Waals surface area (Å²) in [4.78, 5) is 14.4. The van der Waals surface area contributed by atoms with Crippen molar-refractivity contribution < 1.29 is 18.0 Å². The molecule has 0 aliphatic carbocycles. The van der Waals surface area contributed by atoms with Gasteiger partial charge < -0.3 is 5.32 Å². The summed E-state index contributed by atoms with van der Waals surface area (Å²) in [6, 6.07) is 1.56. The molecule has 126 valence electrons. The van der Waals surface area contributed by atoms with Gasteiger partial charge in [0.2, 0.25) is 0 Å². The molecule has 0 spiro atoms. The molecule has 2 aromatic rings. The number of aryl methyl sites for hydroxylation is 3. The van der Waals surface area contributed by atoms with Crippen molar-refractivity contribution in [1.82, 2.24) is 15.1 Å². The number of thiophene rings is 1. The van der Waals surface area contributed by atoms with Crippen LogP contribution in [0.15, 0.2) is 12.3 Å². The average molecular weight is 345 g/mol. The Labute approximate surface area is 136 Å². The van der Waals surface area contributed by atoms with Crippen molar-refractivity contribution in [3.63, 3.8) is 0 Å². The highest BCUT2D eigenvalue weighted by molar-refractivity contribution is 7.12. The van der Waals surface area contributed by atoms with E-state index in [0.29, 0.717) is 0 Å². The van der Waals surface area contributed by atoms with Gasteiger partial charge in [-0.1, -0.05) is 0 Å². The molecule has 2 heterocycles. The number of hydrogen-bond acceptors (Lipinski definition) is 3. The van der Waals surface area contributed by atoms with E-state index in [1.807, 2.05) is 19.9 Å². The summed E-state index contributed by atoms with van der Waals surface area (Å²) in [6.45, 7) is 7.21. The molecule has 0 aromatic carbocycles. The molecule has 2 rings (SSSR count). The standard InChI is InChI=1S/C15H18F3N3OS/c1-5-21-13(15(16,17)18)12(7-19-21)14(22)20-9(3)11-6-8(2)23-10(11)4/h6-7,9H,5H2,1-4H3,(H,20,22)/t9-/m0/s1. The molecule has 0 saturated carbocycles. The maximum atomic E-state index is 13.2. The monoisotopic (exact) mass is 345 g/mol. The van der Waals surface area contributed by atoms with Gasteiger partial charge in [0.25, 0.3) is 5.91 Å². The van der Waals surface area contributed by atoms with Crippen LogP contribution in [0.5, 0.6) is 0 Å². The minimum Gasteiger partial charge on any atom is -0.345 e. The first-order valence-electron chi connectivity index (χ1n) is 7.16. The van der Waals surface area contributed by atoms with Crippen LogP contribution in [-0.4, -0.2) is 15.7 Å². The molecule has 1 atom stereocenters. The van der Waals surface area contributed by atoms with Crippen molar-refractivity contribution in [3.8, 4) is 0 Å². The van der Waals surface area contributed by atoms with Crippen molar-refractivity contribution >= 4 is 17.2 Å². The van der Waals surface area contributed by atoms with Gasteiger partial charge in [0.15, 0.2) is 5.69 Å². The number of alkyl halides is 3. The molecular formula is C15H18F3N3OS. The lowest BCUT2D eigenvalue weighted by Crippen LogP contribution is -2.29. The van der Waals surface area contributed by atoms with E-state index >= 15 is 0 Å². The first-order chi connectivity index (χ1) is 10.6. The quantitative estimate of drug-likeness (QED) is 0.907. The largest absolute Gasteiger partial charge is 0.433 e. The van der Waals surface area contributed by atoms with Gasteiger partial charge in [0, 0.05) is 16.3 Å². The van der Waals surface area contributed by atoms with Gasteiger partial charge in [-0.15, -0.1) is 11.3 Å². The van der Waals surface area contributed by atoms with Crippen LogP contribution in [0.3, 0.4) is 0 Å². The molecule has 0 aliphatic rings. The van der Waals surface area contributed by atoms with Gasteiger partial charge in [0.05, 0.1) is 17.8 Å². The highest BCUT2D eigenvalue weighted by Gasteiger charge is 2.40. The Morgan fingerprint density at radius 1 is 1.43 bits per heavy atom. The summed E-state index contributed by atoms with van der Waals surface area (Å²) in [5.74, 6) is -0.771. The second-order valence-corrected chi connectivity index (χ2v) is 6.74. The topological polar surface area (TPSA) is 46.9 Å². The third-order valence-corrected chi connectivity index (χ3v) is 4.53. The molecule has 0 radical (unpaired) electrons. The molecule has 0 bridgehead atoms. The number of halogens is 3. The molecule has 0 aliphatic heterocycles. The summed E-state index contributed by atoms with van der Waals surface area (Å²) < 4.78 is 40.3. The summed E-state index contributed by atoms with van der Waals surface area (Å²) in [7, 11) is 0. The van der Waals surface area contributed by atoms with Crippen molar-refractivity contribution in [3.05, 3.63) is 38.8 Å². The van der Waals surface area contributed by atoms with Gasteiger partial charge in [0.1, 0.15) is 0 Å². The normalized spacial score (nSPS) is 13.2. The van der Waals surface area contributed by atoms with E-state index in [-0.39, 0.29) is 12.6 Å². The Bertz CT molecular complexity index is 718. The van der Waals surface area contributed by atoms with E-state index < -0.39 is 23.3 Å². The Morgan fingerprint density at radius 2 is 2.09 bits per heavy atom. The highest BCUT2D eigenvalue weighted by Crippen LogP contribution is 2.32. The lowest BCUT2D eigenvalue weighted by atomic mass is 10.1. The number of aromatic nitrogens is 2. The minimum absolute atomic E-state index is 0.0422. The number of hydrogen-bond donors (Lipinski definition) is 1. The SMILES string of the molecule is CCn1ncc(C(=O)N[C@@H](C)c2cc(C)sc2C)c1C(F)(F)F. The van der Waals surface area contributed by atoms with Crippen molar-refractivity contribution in [2.45, 2.75) is 46.5 Å². The van der Waals surface area contributed by atoms with Gasteiger partial charge in [-0.05, 0) is 39.3 Å². The number of rotatable bonds is 4. The Kier molecular flexibility index (Phi) is 4.84. The number of carbonyl (C=O) groups excluding carboxylic acids is 1. The molecule has 0 unspecified atom stereocenters. The number of amides is 1. The second-order valence-electron chi connectivity index (χ2n) is 5.28. The zero-order valence-corrected chi connectivity index (χ0v) is 14.1. The summed E-state index contributed by atoms with van der Waals surface area (Å²) in [5, 5.41) is 6.29. The fourth-order valence-corrected chi connectivity index (χ4v) is 3.55. The van der Waals surface area contributed by atoms with Gasteiger partial charge >= 0.3 is 6.18 Å². The third kappa shape index (κ3) is 3.57. The molecular weight excluding hydrogens is 327 g/mol. The lowest BCUT2D eigenvalue weighted by molar-refractivity contribution is -0.144. The Hall–Kier alpha value is -1.83. The molecule has 1 N–H and O–H groups in total. The van der Waals surface area contributed by atoms with Crippen LogP contribution < -0.4 is 5.32 Å². The zero-order chi connectivity index (χ0) is 17.4. The molecule has 0 saturated heterocycles. The molecule has 8 heteroatoms. The van der Waals surface area contributed by atoms with Crippen molar-refractivity contribution in [2.24, 2.45) is 0 Å². The van der Waals surface area contributed by atoms with E-state index in [0.717, 1.165) is 26.2 Å². The molecule has 4 nitrogen and oxygen atoms in total. The van der Waals surface area contributed by atoms with Crippen LogP contribution in [0.4, 0.5) is 13.2 Å². The van der Waals surface area contributed by atoms with Crippen molar-refractivity contribution in [1.29, 1.82) is 0 Å². The van der Waals surface area contributed by atoms with E-state index in [1.165, 1.54) is 0 Å². The predicted octanol–water partition coefficient (Wildman–Crippen LogP) is 4.09. The van der Waals surface area contributed by atoms with Crippen LogP contribution >= 0.6 is 11.3 Å². The highest BCUT2D eigenvalue weighted by atomic mass is 32.1. The number of nitrogens with zero attached hydrogens (tertiary/aromatic N) is 2. The van der Waals surface area contributed by atoms with E-state index in [9.17, 15) is 18.0 Å². The minimum atomic E-state index is -4.63.